The molecule has 0 spiro atoms. The second kappa shape index (κ2) is 4.28. The summed E-state index contributed by atoms with van der Waals surface area (Å²) in [4.78, 5) is 8.49. The molecule has 1 aliphatic rings. The van der Waals surface area contributed by atoms with Crippen LogP contribution >= 0.6 is 0 Å². The minimum Gasteiger partial charge on any atom is -0.481 e. The van der Waals surface area contributed by atoms with Crippen LogP contribution < -0.4 is 10.1 Å². The van der Waals surface area contributed by atoms with Gasteiger partial charge in [0.15, 0.2) is 0 Å². The maximum atomic E-state index is 5.08. The topological polar surface area (TPSA) is 47.0 Å². The summed E-state index contributed by atoms with van der Waals surface area (Å²) in [5, 5.41) is 3.40. The zero-order valence-electron chi connectivity index (χ0n) is 10.2. The third kappa shape index (κ3) is 2.26. The van der Waals surface area contributed by atoms with Crippen LogP contribution in [0.5, 0.6) is 5.88 Å². The van der Waals surface area contributed by atoms with Crippen molar-refractivity contribution in [3.63, 3.8) is 0 Å². The van der Waals surface area contributed by atoms with Crippen molar-refractivity contribution in [1.29, 1.82) is 0 Å². The van der Waals surface area contributed by atoms with E-state index >= 15 is 0 Å². The Morgan fingerprint density at radius 2 is 2.31 bits per heavy atom. The molecule has 0 radical (unpaired) electrons. The van der Waals surface area contributed by atoms with Crippen LogP contribution in [0.3, 0.4) is 0 Å². The quantitative estimate of drug-likeness (QED) is 0.851. The van der Waals surface area contributed by atoms with Crippen LogP contribution in [0, 0.1) is 5.41 Å². The molecule has 1 fully saturated rings. The standard InChI is InChI=1S/C12H19N3O/c1-12(2)7-4-5-9(12)14-11-13-8-6-10(15-11)16-3/h6,8-9H,4-5,7H2,1-3H3,(H,13,14,15). The van der Waals surface area contributed by atoms with E-state index in [9.17, 15) is 0 Å². The first-order valence-electron chi connectivity index (χ1n) is 5.75. The van der Waals surface area contributed by atoms with Crippen molar-refractivity contribution in [3.05, 3.63) is 12.3 Å². The van der Waals surface area contributed by atoms with Gasteiger partial charge in [0, 0.05) is 18.3 Å². The third-order valence-electron chi connectivity index (χ3n) is 3.40. The Labute approximate surface area is 96.4 Å². The van der Waals surface area contributed by atoms with Gasteiger partial charge in [0.05, 0.1) is 7.11 Å². The predicted octanol–water partition coefficient (Wildman–Crippen LogP) is 2.48. The van der Waals surface area contributed by atoms with Gasteiger partial charge in [-0.2, -0.15) is 4.98 Å². The van der Waals surface area contributed by atoms with Crippen LogP contribution in [0.1, 0.15) is 33.1 Å². The molecule has 1 unspecified atom stereocenters. The Morgan fingerprint density at radius 3 is 2.94 bits per heavy atom. The largest absolute Gasteiger partial charge is 0.481 e. The number of aromatic nitrogens is 2. The van der Waals surface area contributed by atoms with Gasteiger partial charge in [0.2, 0.25) is 11.8 Å². The average molecular weight is 221 g/mol. The minimum atomic E-state index is 0.326. The van der Waals surface area contributed by atoms with Gasteiger partial charge in [-0.1, -0.05) is 20.3 Å². The lowest BCUT2D eigenvalue weighted by Crippen LogP contribution is -2.31. The molecule has 1 aliphatic carbocycles. The molecule has 0 bridgehead atoms. The SMILES string of the molecule is COc1ccnc(NC2CCCC2(C)C)n1. The van der Waals surface area contributed by atoms with E-state index in [1.807, 2.05) is 0 Å². The van der Waals surface area contributed by atoms with Crippen LogP contribution in [0.15, 0.2) is 12.3 Å². The molecule has 0 amide bonds. The van der Waals surface area contributed by atoms with E-state index in [0.29, 0.717) is 23.3 Å². The van der Waals surface area contributed by atoms with Gasteiger partial charge in [-0.25, -0.2) is 4.98 Å². The van der Waals surface area contributed by atoms with Gasteiger partial charge in [-0.3, -0.25) is 0 Å². The van der Waals surface area contributed by atoms with Crippen molar-refractivity contribution < 1.29 is 4.74 Å². The predicted molar refractivity (Wildman–Crippen MR) is 63.6 cm³/mol. The summed E-state index contributed by atoms with van der Waals surface area (Å²) >= 11 is 0. The monoisotopic (exact) mass is 221 g/mol. The Hall–Kier alpha value is -1.32. The van der Waals surface area contributed by atoms with Gasteiger partial charge in [0.25, 0.3) is 0 Å². The highest BCUT2D eigenvalue weighted by Gasteiger charge is 2.34. The van der Waals surface area contributed by atoms with E-state index < -0.39 is 0 Å². The van der Waals surface area contributed by atoms with Gasteiger partial charge >= 0.3 is 0 Å². The van der Waals surface area contributed by atoms with Crippen molar-refractivity contribution in [1.82, 2.24) is 9.97 Å². The Bertz CT molecular complexity index is 365. The van der Waals surface area contributed by atoms with Crippen LogP contribution in [-0.4, -0.2) is 23.1 Å². The molecule has 1 heterocycles. The lowest BCUT2D eigenvalue weighted by atomic mass is 9.87. The smallest absolute Gasteiger partial charge is 0.226 e. The van der Waals surface area contributed by atoms with Crippen LogP contribution in [0.4, 0.5) is 5.95 Å². The van der Waals surface area contributed by atoms with E-state index in [1.54, 1.807) is 19.4 Å². The van der Waals surface area contributed by atoms with Crippen molar-refractivity contribution >= 4 is 5.95 Å². The molecule has 0 aliphatic heterocycles. The van der Waals surface area contributed by atoms with Crippen LogP contribution in [0.2, 0.25) is 0 Å². The molecule has 1 atom stereocenters. The number of ether oxygens (including phenoxy) is 1. The van der Waals surface area contributed by atoms with Crippen molar-refractivity contribution in [2.75, 3.05) is 12.4 Å². The summed E-state index contributed by atoms with van der Waals surface area (Å²) in [6.45, 7) is 4.58. The zero-order valence-corrected chi connectivity index (χ0v) is 10.2. The molecule has 4 nitrogen and oxygen atoms in total. The number of nitrogens with one attached hydrogen (secondary N) is 1. The van der Waals surface area contributed by atoms with Gasteiger partial charge < -0.3 is 10.1 Å². The van der Waals surface area contributed by atoms with Crippen molar-refractivity contribution in [2.45, 2.75) is 39.2 Å². The van der Waals surface area contributed by atoms with E-state index in [-0.39, 0.29) is 0 Å². The molecule has 88 valence electrons. The van der Waals surface area contributed by atoms with Crippen molar-refractivity contribution in [3.8, 4) is 5.88 Å². The normalized spacial score (nSPS) is 23.1. The Balaban J connectivity index is 2.08. The minimum absolute atomic E-state index is 0.326. The number of nitrogens with zero attached hydrogens (tertiary/aromatic N) is 2. The molecule has 1 saturated carbocycles. The van der Waals surface area contributed by atoms with Gasteiger partial charge in [-0.15, -0.1) is 0 Å². The number of anilines is 1. The first-order chi connectivity index (χ1) is 7.62. The van der Waals surface area contributed by atoms with E-state index in [4.69, 9.17) is 4.74 Å². The highest BCUT2D eigenvalue weighted by atomic mass is 16.5. The summed E-state index contributed by atoms with van der Waals surface area (Å²) < 4.78 is 5.08. The lowest BCUT2D eigenvalue weighted by molar-refractivity contribution is 0.347. The van der Waals surface area contributed by atoms with E-state index in [1.165, 1.54) is 19.3 Å². The van der Waals surface area contributed by atoms with E-state index in [0.717, 1.165) is 0 Å². The highest BCUT2D eigenvalue weighted by Crippen LogP contribution is 2.38. The summed E-state index contributed by atoms with van der Waals surface area (Å²) in [5.74, 6) is 1.27. The zero-order chi connectivity index (χ0) is 11.6. The fourth-order valence-electron chi connectivity index (χ4n) is 2.28. The fourth-order valence-corrected chi connectivity index (χ4v) is 2.28. The summed E-state index contributed by atoms with van der Waals surface area (Å²) in [6, 6.07) is 2.21. The molecule has 1 N–H and O–H groups in total. The highest BCUT2D eigenvalue weighted by molar-refractivity contribution is 5.30. The number of hydrogen-bond acceptors (Lipinski definition) is 4. The van der Waals surface area contributed by atoms with Crippen LogP contribution in [-0.2, 0) is 0 Å². The summed E-state index contributed by atoms with van der Waals surface area (Å²) in [5.41, 5.74) is 0.326. The van der Waals surface area contributed by atoms with E-state index in [2.05, 4.69) is 29.1 Å². The van der Waals surface area contributed by atoms with Crippen LogP contribution in [0.25, 0.3) is 0 Å². The Kier molecular flexibility index (Phi) is 2.99. The van der Waals surface area contributed by atoms with Gasteiger partial charge in [0.1, 0.15) is 0 Å². The lowest BCUT2D eigenvalue weighted by Gasteiger charge is -2.27. The number of methoxy groups -OCH3 is 1. The third-order valence-corrected chi connectivity index (χ3v) is 3.40. The second-order valence-electron chi connectivity index (χ2n) is 5.00. The molecule has 1 aromatic rings. The second-order valence-corrected chi connectivity index (χ2v) is 5.00. The summed E-state index contributed by atoms with van der Waals surface area (Å²) in [6.07, 6.45) is 5.44. The molecule has 2 rings (SSSR count). The first kappa shape index (κ1) is 11.2. The van der Waals surface area contributed by atoms with Gasteiger partial charge in [-0.05, 0) is 18.3 Å². The average Bonchev–Trinajstić information content (AvgIpc) is 2.59. The Morgan fingerprint density at radius 1 is 1.50 bits per heavy atom. The molecule has 0 aromatic carbocycles. The molecule has 16 heavy (non-hydrogen) atoms. The molecular weight excluding hydrogens is 202 g/mol. The molecule has 0 saturated heterocycles. The molecular formula is C12H19N3O. The first-order valence-corrected chi connectivity index (χ1v) is 5.75. The number of hydrogen-bond donors (Lipinski definition) is 1. The maximum Gasteiger partial charge on any atom is 0.226 e. The molecule has 1 aromatic heterocycles. The maximum absolute atomic E-state index is 5.08. The number of rotatable bonds is 3. The van der Waals surface area contributed by atoms with Crippen molar-refractivity contribution in [2.24, 2.45) is 5.41 Å². The molecule has 4 heteroatoms. The summed E-state index contributed by atoms with van der Waals surface area (Å²) in [7, 11) is 1.62. The fraction of sp³-hybridized carbons (Fsp3) is 0.667.